The number of hydrogen-bond acceptors (Lipinski definition) is 5. The second-order valence-corrected chi connectivity index (χ2v) is 6.39. The zero-order valence-corrected chi connectivity index (χ0v) is 15.1. The fourth-order valence-electron chi connectivity index (χ4n) is 2.09. The van der Waals surface area contributed by atoms with Gasteiger partial charge in [0.25, 0.3) is 5.91 Å². The number of hydrogen-bond donors (Lipinski definition) is 3. The molecule has 4 N–H and O–H groups in total. The van der Waals surface area contributed by atoms with Gasteiger partial charge in [0.05, 0.1) is 12.2 Å². The first-order valence-corrected chi connectivity index (χ1v) is 8.46. The molecule has 0 saturated carbocycles. The molecule has 132 valence electrons. The molecule has 0 atom stereocenters. The van der Waals surface area contributed by atoms with Crippen molar-refractivity contribution in [2.24, 2.45) is 5.73 Å². The van der Waals surface area contributed by atoms with Crippen molar-refractivity contribution < 1.29 is 19.1 Å². The molecule has 0 fully saturated rings. The minimum absolute atomic E-state index is 0.0827. The number of benzene rings is 1. The highest BCUT2D eigenvalue weighted by Crippen LogP contribution is 2.33. The van der Waals surface area contributed by atoms with E-state index in [2.05, 4.69) is 10.6 Å². The summed E-state index contributed by atoms with van der Waals surface area (Å²) in [5.41, 5.74) is 6.35. The summed E-state index contributed by atoms with van der Waals surface area (Å²) in [5.74, 6) is -1.32. The highest BCUT2D eigenvalue weighted by molar-refractivity contribution is 7.18. The fraction of sp³-hybridized carbons (Fsp3) is 0.188. The third-order valence-electron chi connectivity index (χ3n) is 3.18. The predicted octanol–water partition coefficient (Wildman–Crippen LogP) is 3.63. The third-order valence-corrected chi connectivity index (χ3v) is 4.62. The molecule has 0 aliphatic carbocycles. The first-order chi connectivity index (χ1) is 11.8. The van der Waals surface area contributed by atoms with Crippen molar-refractivity contribution in [3.05, 3.63) is 45.3 Å². The maximum Gasteiger partial charge on any atom is 0.348 e. The Morgan fingerprint density at radius 1 is 1.20 bits per heavy atom. The molecule has 25 heavy (non-hydrogen) atoms. The molecule has 9 heteroatoms. The van der Waals surface area contributed by atoms with E-state index in [-0.39, 0.29) is 22.0 Å². The molecule has 0 aliphatic rings. The highest BCUT2D eigenvalue weighted by atomic mass is 35.5. The number of anilines is 2. The van der Waals surface area contributed by atoms with Crippen LogP contribution in [0.4, 0.5) is 15.5 Å². The second kappa shape index (κ2) is 8.00. The molecule has 0 unspecified atom stereocenters. The minimum atomic E-state index is -0.744. The monoisotopic (exact) mass is 381 g/mol. The molecule has 0 saturated heterocycles. The van der Waals surface area contributed by atoms with Crippen LogP contribution in [-0.2, 0) is 4.74 Å². The molecule has 7 nitrogen and oxygen atoms in total. The van der Waals surface area contributed by atoms with Crippen LogP contribution >= 0.6 is 22.9 Å². The van der Waals surface area contributed by atoms with Gasteiger partial charge < -0.3 is 15.8 Å². The quantitative estimate of drug-likeness (QED) is 0.686. The first kappa shape index (κ1) is 18.8. The van der Waals surface area contributed by atoms with Gasteiger partial charge in [-0.25, -0.2) is 9.59 Å². The lowest BCUT2D eigenvalue weighted by atomic mass is 10.1. The number of nitrogens with one attached hydrogen (secondary N) is 2. The van der Waals surface area contributed by atoms with E-state index < -0.39 is 17.9 Å². The Hall–Kier alpha value is -2.58. The fourth-order valence-corrected chi connectivity index (χ4v) is 3.32. The van der Waals surface area contributed by atoms with E-state index in [1.54, 1.807) is 38.1 Å². The van der Waals surface area contributed by atoms with Gasteiger partial charge in [0.2, 0.25) is 0 Å². The Morgan fingerprint density at radius 3 is 2.40 bits per heavy atom. The van der Waals surface area contributed by atoms with Crippen molar-refractivity contribution in [1.82, 2.24) is 0 Å². The Balaban J connectivity index is 2.24. The molecule has 3 amide bonds. The van der Waals surface area contributed by atoms with Crippen LogP contribution in [0.5, 0.6) is 0 Å². The van der Waals surface area contributed by atoms with E-state index >= 15 is 0 Å². The highest BCUT2D eigenvalue weighted by Gasteiger charge is 2.25. The standard InChI is InChI=1S/C16H16ClN3O4S/c1-3-24-15(22)12-8(2)11(13(18)21)14(25-12)20-16(23)19-10-6-4-9(17)5-7-10/h4-7H,3H2,1-2H3,(H2,18,21)(H2,19,20,23). The van der Waals surface area contributed by atoms with Crippen molar-refractivity contribution in [1.29, 1.82) is 0 Å². The van der Waals surface area contributed by atoms with Gasteiger partial charge in [-0.15, -0.1) is 11.3 Å². The number of amides is 3. The van der Waals surface area contributed by atoms with Gasteiger partial charge in [-0.05, 0) is 43.7 Å². The number of ether oxygens (including phenoxy) is 1. The Bertz CT molecular complexity index is 818. The second-order valence-electron chi connectivity index (χ2n) is 4.93. The maximum atomic E-state index is 12.1. The summed E-state index contributed by atoms with van der Waals surface area (Å²) < 4.78 is 4.95. The van der Waals surface area contributed by atoms with E-state index in [1.807, 2.05) is 0 Å². The van der Waals surface area contributed by atoms with Gasteiger partial charge in [0, 0.05) is 10.7 Å². The van der Waals surface area contributed by atoms with Gasteiger partial charge in [-0.3, -0.25) is 10.1 Å². The van der Waals surface area contributed by atoms with Crippen molar-refractivity contribution in [3.63, 3.8) is 0 Å². The molecule has 2 rings (SSSR count). The normalized spacial score (nSPS) is 10.2. The molecule has 1 aromatic heterocycles. The van der Waals surface area contributed by atoms with Crippen LogP contribution in [0, 0.1) is 6.92 Å². The smallest absolute Gasteiger partial charge is 0.348 e. The molecule has 0 radical (unpaired) electrons. The summed E-state index contributed by atoms with van der Waals surface area (Å²) >= 11 is 6.72. The molecule has 2 aromatic rings. The SMILES string of the molecule is CCOC(=O)c1sc(NC(=O)Nc2ccc(Cl)cc2)c(C(N)=O)c1C. The molecular formula is C16H16ClN3O4S. The van der Waals surface area contributed by atoms with Crippen LogP contribution in [0.3, 0.4) is 0 Å². The summed E-state index contributed by atoms with van der Waals surface area (Å²) in [7, 11) is 0. The number of halogens is 1. The zero-order chi connectivity index (χ0) is 18.6. The topological polar surface area (TPSA) is 111 Å². The predicted molar refractivity (Wildman–Crippen MR) is 97.6 cm³/mol. The number of rotatable bonds is 5. The minimum Gasteiger partial charge on any atom is -0.462 e. The van der Waals surface area contributed by atoms with Crippen LogP contribution in [0.1, 0.15) is 32.5 Å². The van der Waals surface area contributed by atoms with Crippen LogP contribution in [0.2, 0.25) is 5.02 Å². The van der Waals surface area contributed by atoms with Gasteiger partial charge in [0.1, 0.15) is 9.88 Å². The number of primary amides is 1. The number of esters is 1. The summed E-state index contributed by atoms with van der Waals surface area (Å²) in [6.45, 7) is 3.45. The van der Waals surface area contributed by atoms with Crippen molar-refractivity contribution in [2.75, 3.05) is 17.2 Å². The molecule has 0 bridgehead atoms. The van der Waals surface area contributed by atoms with Crippen LogP contribution in [-0.4, -0.2) is 24.5 Å². The number of carbonyl (C=O) groups is 3. The van der Waals surface area contributed by atoms with E-state index in [9.17, 15) is 14.4 Å². The van der Waals surface area contributed by atoms with Gasteiger partial charge in [-0.2, -0.15) is 0 Å². The Labute approximate surface area is 153 Å². The van der Waals surface area contributed by atoms with E-state index in [1.165, 1.54) is 0 Å². The van der Waals surface area contributed by atoms with Crippen LogP contribution in [0.15, 0.2) is 24.3 Å². The Morgan fingerprint density at radius 2 is 1.84 bits per heavy atom. The lowest BCUT2D eigenvalue weighted by Gasteiger charge is -2.07. The third kappa shape index (κ3) is 4.49. The average molecular weight is 382 g/mol. The van der Waals surface area contributed by atoms with Gasteiger partial charge >= 0.3 is 12.0 Å². The van der Waals surface area contributed by atoms with Crippen molar-refractivity contribution >= 4 is 51.5 Å². The van der Waals surface area contributed by atoms with Crippen molar-refractivity contribution in [2.45, 2.75) is 13.8 Å². The molecule has 0 aliphatic heterocycles. The van der Waals surface area contributed by atoms with Crippen molar-refractivity contribution in [3.8, 4) is 0 Å². The van der Waals surface area contributed by atoms with E-state index in [0.29, 0.717) is 16.3 Å². The molecule has 1 heterocycles. The lowest BCUT2D eigenvalue weighted by molar-refractivity contribution is 0.0531. The lowest BCUT2D eigenvalue weighted by Crippen LogP contribution is -2.21. The van der Waals surface area contributed by atoms with Gasteiger partial charge in [0.15, 0.2) is 0 Å². The van der Waals surface area contributed by atoms with Crippen LogP contribution < -0.4 is 16.4 Å². The number of urea groups is 1. The summed E-state index contributed by atoms with van der Waals surface area (Å²) in [4.78, 5) is 36.0. The largest absolute Gasteiger partial charge is 0.462 e. The summed E-state index contributed by atoms with van der Waals surface area (Å²) in [6, 6.07) is 5.92. The molecular weight excluding hydrogens is 366 g/mol. The number of thiophene rings is 1. The molecule has 0 spiro atoms. The number of nitrogens with two attached hydrogens (primary N) is 1. The number of carbonyl (C=O) groups excluding carboxylic acids is 3. The van der Waals surface area contributed by atoms with Gasteiger partial charge in [-0.1, -0.05) is 11.6 Å². The first-order valence-electron chi connectivity index (χ1n) is 7.27. The zero-order valence-electron chi connectivity index (χ0n) is 13.5. The van der Waals surface area contributed by atoms with E-state index in [0.717, 1.165) is 11.3 Å². The average Bonchev–Trinajstić information content (AvgIpc) is 2.86. The van der Waals surface area contributed by atoms with E-state index in [4.69, 9.17) is 22.1 Å². The summed E-state index contributed by atoms with van der Waals surface area (Å²) in [5, 5.41) is 5.85. The van der Waals surface area contributed by atoms with Crippen LogP contribution in [0.25, 0.3) is 0 Å². The Kier molecular flexibility index (Phi) is 6.00. The maximum absolute atomic E-state index is 12.1. The molecule has 1 aromatic carbocycles. The summed E-state index contributed by atoms with van der Waals surface area (Å²) in [6.07, 6.45) is 0.